The fourth-order valence-electron chi connectivity index (χ4n) is 7.75. The van der Waals surface area contributed by atoms with E-state index in [1.54, 1.807) is 0 Å². The molecule has 0 aliphatic rings. The lowest BCUT2D eigenvalue weighted by molar-refractivity contribution is -0.376. The van der Waals surface area contributed by atoms with Crippen molar-refractivity contribution in [3.63, 3.8) is 0 Å². The Hall–Kier alpha value is -3.10. The first-order chi connectivity index (χ1) is 27.1. The van der Waals surface area contributed by atoms with Gasteiger partial charge in [0.25, 0.3) is 11.5 Å². The molecule has 328 valence electrons. The van der Waals surface area contributed by atoms with Crippen LogP contribution < -0.4 is 5.32 Å². The SMILES string of the molecule is CCCCC(CCCC)(CCCC)CCCCCCCCC(C)(C)OCCS(=O)(=O)c1ccc2c(C(=O)Nc3ccc(C(O)(C(F)(F)F)C(F)(F)F)cc3)[nH]cc2c1. The summed E-state index contributed by atoms with van der Waals surface area (Å²) in [5.74, 6) is -1.02. The Morgan fingerprint density at radius 1 is 0.724 bits per heavy atom. The molecule has 3 aromatic rings. The number of aromatic nitrogens is 1. The molecule has 0 radical (unpaired) electrons. The van der Waals surface area contributed by atoms with E-state index in [9.17, 15) is 44.7 Å². The number of unbranched alkanes of at least 4 members (excludes halogenated alkanes) is 8. The Morgan fingerprint density at radius 2 is 1.22 bits per heavy atom. The highest BCUT2D eigenvalue weighted by Crippen LogP contribution is 2.50. The second-order valence-corrected chi connectivity index (χ2v) is 18.6. The van der Waals surface area contributed by atoms with Crippen LogP contribution in [-0.4, -0.2) is 54.7 Å². The number of fused-ring (bicyclic) bond motifs is 1. The second-order valence-electron chi connectivity index (χ2n) is 16.5. The van der Waals surface area contributed by atoms with Crippen molar-refractivity contribution in [3.05, 3.63) is 59.9 Å². The van der Waals surface area contributed by atoms with Gasteiger partial charge in [-0.25, -0.2) is 8.42 Å². The molecule has 14 heteroatoms. The largest absolute Gasteiger partial charge is 0.430 e. The molecule has 0 saturated heterocycles. The number of aromatic amines is 1. The number of carbonyl (C=O) groups excluding carboxylic acids is 1. The molecular weight excluding hydrogens is 783 g/mol. The number of H-pyrrole nitrogens is 1. The summed E-state index contributed by atoms with van der Waals surface area (Å²) in [5.41, 5.74) is -6.67. The van der Waals surface area contributed by atoms with E-state index in [0.717, 1.165) is 31.4 Å². The van der Waals surface area contributed by atoms with Gasteiger partial charge in [-0.05, 0) is 75.6 Å². The van der Waals surface area contributed by atoms with Gasteiger partial charge in [0.05, 0.1) is 22.9 Å². The zero-order valence-corrected chi connectivity index (χ0v) is 35.6. The van der Waals surface area contributed by atoms with Gasteiger partial charge >= 0.3 is 12.4 Å². The van der Waals surface area contributed by atoms with Crippen LogP contribution in [0.2, 0.25) is 0 Å². The Kier molecular flexibility index (Phi) is 18.2. The summed E-state index contributed by atoms with van der Waals surface area (Å²) < 4.78 is 112. The van der Waals surface area contributed by atoms with Gasteiger partial charge in [0.1, 0.15) is 5.69 Å². The highest BCUT2D eigenvalue weighted by Gasteiger charge is 2.71. The van der Waals surface area contributed by atoms with Gasteiger partial charge in [-0.2, -0.15) is 26.3 Å². The summed E-state index contributed by atoms with van der Waals surface area (Å²) >= 11 is 0. The second kappa shape index (κ2) is 21.4. The number of ether oxygens (including phenoxy) is 1. The third kappa shape index (κ3) is 13.5. The highest BCUT2D eigenvalue weighted by atomic mass is 32.2. The average molecular weight is 847 g/mol. The Labute approximate surface area is 341 Å². The van der Waals surface area contributed by atoms with Crippen molar-refractivity contribution in [2.24, 2.45) is 5.41 Å². The summed E-state index contributed by atoms with van der Waals surface area (Å²) in [6, 6.07) is 6.67. The van der Waals surface area contributed by atoms with Crippen molar-refractivity contribution in [2.45, 2.75) is 172 Å². The predicted octanol–water partition coefficient (Wildman–Crippen LogP) is 13.0. The van der Waals surface area contributed by atoms with Crippen LogP contribution in [0.1, 0.15) is 160 Å². The number of amides is 1. The lowest BCUT2D eigenvalue weighted by atomic mass is 9.71. The maximum atomic E-state index is 13.2. The number of nitrogens with one attached hydrogen (secondary N) is 2. The molecule has 58 heavy (non-hydrogen) atoms. The van der Waals surface area contributed by atoms with Crippen molar-refractivity contribution in [3.8, 4) is 0 Å². The van der Waals surface area contributed by atoms with E-state index in [2.05, 4.69) is 31.1 Å². The van der Waals surface area contributed by atoms with Crippen LogP contribution in [0.25, 0.3) is 10.8 Å². The van der Waals surface area contributed by atoms with Crippen molar-refractivity contribution < 1.29 is 49.4 Å². The molecule has 0 spiro atoms. The van der Waals surface area contributed by atoms with Crippen molar-refractivity contribution >= 4 is 32.2 Å². The van der Waals surface area contributed by atoms with E-state index in [0.29, 0.717) is 28.3 Å². The summed E-state index contributed by atoms with van der Waals surface area (Å²) in [6.45, 7) is 10.8. The van der Waals surface area contributed by atoms with Gasteiger partial charge in [-0.1, -0.05) is 116 Å². The quantitative estimate of drug-likeness (QED) is 0.0551. The lowest BCUT2D eigenvalue weighted by Crippen LogP contribution is -2.53. The van der Waals surface area contributed by atoms with Gasteiger partial charge < -0.3 is 20.1 Å². The molecule has 1 aromatic heterocycles. The summed E-state index contributed by atoms with van der Waals surface area (Å²) in [6.07, 6.45) is 10.4. The number of hydrogen-bond acceptors (Lipinski definition) is 5. The van der Waals surface area contributed by atoms with Crippen LogP contribution in [0.3, 0.4) is 0 Å². The standard InChI is InChI=1S/C44H64F6N2O5S/c1-6-9-25-41(26-10-7-2,27-11-8-3)28-17-15-13-12-14-16-24-40(4,5)57-29-30-58(55,56)36-22-23-37-33(31-36)32-51-38(37)39(53)52-35-20-18-34(19-21-35)42(54,43(45,46)47)44(48,49)50/h18-23,31-32,51,54H,6-17,24-30H2,1-5H3,(H,52,53). The molecule has 1 amide bonds. The van der Waals surface area contributed by atoms with Gasteiger partial charge in [0.15, 0.2) is 9.84 Å². The first-order valence-electron chi connectivity index (χ1n) is 20.9. The van der Waals surface area contributed by atoms with Crippen molar-refractivity contribution in [1.29, 1.82) is 0 Å². The van der Waals surface area contributed by atoms with E-state index in [1.165, 1.54) is 114 Å². The van der Waals surface area contributed by atoms with E-state index < -0.39 is 44.9 Å². The van der Waals surface area contributed by atoms with Crippen LogP contribution >= 0.6 is 0 Å². The number of benzene rings is 2. The molecule has 3 rings (SSSR count). The normalized spacial score (nSPS) is 13.4. The summed E-state index contributed by atoms with van der Waals surface area (Å²) in [7, 11) is -3.76. The molecule has 1 heterocycles. The van der Waals surface area contributed by atoms with Gasteiger partial charge in [0.2, 0.25) is 0 Å². The minimum absolute atomic E-state index is 0.00609. The molecular formula is C44H64F6N2O5S. The number of aliphatic hydroxyl groups is 1. The highest BCUT2D eigenvalue weighted by molar-refractivity contribution is 7.91. The predicted molar refractivity (Wildman–Crippen MR) is 219 cm³/mol. The molecule has 0 aliphatic carbocycles. The van der Waals surface area contributed by atoms with Gasteiger partial charge in [0, 0.05) is 28.2 Å². The topological polar surface area (TPSA) is 108 Å². The summed E-state index contributed by atoms with van der Waals surface area (Å²) in [5, 5.41) is 12.7. The molecule has 2 aromatic carbocycles. The van der Waals surface area contributed by atoms with Crippen molar-refractivity contribution in [1.82, 2.24) is 4.98 Å². The summed E-state index contributed by atoms with van der Waals surface area (Å²) in [4.78, 5) is 15.8. The van der Waals surface area contributed by atoms with Gasteiger partial charge in [-0.15, -0.1) is 0 Å². The molecule has 0 saturated carbocycles. The fraction of sp³-hybridized carbons (Fsp3) is 0.659. The molecule has 0 bridgehead atoms. The molecule has 7 nitrogen and oxygen atoms in total. The third-order valence-electron chi connectivity index (χ3n) is 11.4. The monoisotopic (exact) mass is 846 g/mol. The number of hydrogen-bond donors (Lipinski definition) is 3. The minimum atomic E-state index is -6.04. The van der Waals surface area contributed by atoms with Crippen LogP contribution in [0, 0.1) is 5.41 Å². The number of rotatable bonds is 26. The number of carbonyl (C=O) groups is 1. The number of halogens is 6. The zero-order chi connectivity index (χ0) is 43.3. The van der Waals surface area contributed by atoms with Crippen molar-refractivity contribution in [2.75, 3.05) is 17.7 Å². The first kappa shape index (κ1) is 49.3. The first-order valence-corrected chi connectivity index (χ1v) is 22.6. The Morgan fingerprint density at radius 3 is 1.74 bits per heavy atom. The van der Waals surface area contributed by atoms with E-state index in [4.69, 9.17) is 4.74 Å². The van der Waals surface area contributed by atoms with Crippen LogP contribution in [0.15, 0.2) is 53.6 Å². The van der Waals surface area contributed by atoms with Crippen LogP contribution in [0.4, 0.5) is 32.0 Å². The average Bonchev–Trinajstić information content (AvgIpc) is 3.59. The maximum Gasteiger partial charge on any atom is 0.430 e. The number of anilines is 1. The molecule has 3 N–H and O–H groups in total. The molecule has 0 fully saturated rings. The third-order valence-corrected chi connectivity index (χ3v) is 13.1. The van der Waals surface area contributed by atoms with E-state index in [-0.39, 0.29) is 28.6 Å². The lowest BCUT2D eigenvalue weighted by Gasteiger charge is -2.35. The number of alkyl halides is 6. The molecule has 0 aliphatic heterocycles. The Bertz CT molecular complexity index is 1780. The van der Waals surface area contributed by atoms with Gasteiger partial charge in [-0.3, -0.25) is 4.79 Å². The van der Waals surface area contributed by atoms with Crippen LogP contribution in [0.5, 0.6) is 0 Å². The van der Waals surface area contributed by atoms with Crippen LogP contribution in [-0.2, 0) is 20.2 Å². The number of sulfone groups is 1. The van der Waals surface area contributed by atoms with E-state index in [1.807, 2.05) is 13.8 Å². The smallest absolute Gasteiger partial charge is 0.375 e. The minimum Gasteiger partial charge on any atom is -0.375 e. The Balaban J connectivity index is 1.47. The molecule has 0 atom stereocenters. The molecule has 0 unspecified atom stereocenters. The van der Waals surface area contributed by atoms with E-state index >= 15 is 0 Å². The fourth-order valence-corrected chi connectivity index (χ4v) is 8.87. The zero-order valence-electron chi connectivity index (χ0n) is 34.8. The maximum absolute atomic E-state index is 13.2.